The summed E-state index contributed by atoms with van der Waals surface area (Å²) in [5, 5.41) is 2.93. The molecule has 0 saturated carbocycles. The second kappa shape index (κ2) is 18.9. The molecule has 1 aromatic rings. The first-order chi connectivity index (χ1) is 15.2. The average Bonchev–Trinajstić information content (AvgIpc) is 2.80. The molecule has 0 fully saturated rings. The van der Waals surface area contributed by atoms with Gasteiger partial charge in [0.1, 0.15) is 0 Å². The normalized spacial score (nSPS) is 11.8. The summed E-state index contributed by atoms with van der Waals surface area (Å²) in [6, 6.07) is 9.22. The Kier molecular flexibility index (Phi) is 16.6. The number of nitrogens with one attached hydrogen (secondary N) is 1. The van der Waals surface area contributed by atoms with E-state index in [0.717, 1.165) is 25.7 Å². The summed E-state index contributed by atoms with van der Waals surface area (Å²) >= 11 is 0. The molecule has 0 saturated heterocycles. The van der Waals surface area contributed by atoms with Crippen LogP contribution in [0, 0.1) is 5.92 Å². The van der Waals surface area contributed by atoms with Gasteiger partial charge in [-0.3, -0.25) is 9.59 Å². The molecule has 0 spiro atoms. The van der Waals surface area contributed by atoms with Crippen molar-refractivity contribution >= 4 is 11.9 Å². The van der Waals surface area contributed by atoms with Crippen molar-refractivity contribution in [2.75, 3.05) is 13.7 Å². The summed E-state index contributed by atoms with van der Waals surface area (Å²) in [4.78, 5) is 24.2. The van der Waals surface area contributed by atoms with Crippen molar-refractivity contribution in [2.24, 2.45) is 5.92 Å². The van der Waals surface area contributed by atoms with Gasteiger partial charge in [0.25, 0.3) is 5.91 Å². The third kappa shape index (κ3) is 14.0. The molecule has 0 heterocycles. The first kappa shape index (κ1) is 27.2. The van der Waals surface area contributed by atoms with Crippen LogP contribution in [0.1, 0.15) is 114 Å². The Morgan fingerprint density at radius 3 is 1.84 bits per heavy atom. The molecule has 0 aromatic heterocycles. The highest BCUT2D eigenvalue weighted by Gasteiger charge is 2.18. The maximum absolute atomic E-state index is 12.1. The Morgan fingerprint density at radius 1 is 0.774 bits per heavy atom. The predicted molar refractivity (Wildman–Crippen MR) is 129 cm³/mol. The summed E-state index contributed by atoms with van der Waals surface area (Å²) in [5.41, 5.74) is 0.670. The van der Waals surface area contributed by atoms with E-state index in [1.165, 1.54) is 77.7 Å². The number of esters is 1. The van der Waals surface area contributed by atoms with E-state index < -0.39 is 0 Å². The van der Waals surface area contributed by atoms with Crippen molar-refractivity contribution in [3.63, 3.8) is 0 Å². The second-order valence-corrected chi connectivity index (χ2v) is 8.66. The van der Waals surface area contributed by atoms with Crippen LogP contribution in [-0.4, -0.2) is 25.5 Å². The van der Waals surface area contributed by atoms with Gasteiger partial charge in [0.05, 0.1) is 13.0 Å². The van der Waals surface area contributed by atoms with E-state index in [1.54, 1.807) is 12.1 Å². The SMILES string of the molecule is CCCCCCCCCCCCCCC(CCCNC(=O)c1ccccc1)C(=O)OC. The summed E-state index contributed by atoms with van der Waals surface area (Å²) in [7, 11) is 1.47. The number of ether oxygens (including phenoxy) is 1. The van der Waals surface area contributed by atoms with Gasteiger partial charge < -0.3 is 10.1 Å². The van der Waals surface area contributed by atoms with Gasteiger partial charge >= 0.3 is 5.97 Å². The van der Waals surface area contributed by atoms with Gasteiger partial charge in [-0.2, -0.15) is 0 Å². The van der Waals surface area contributed by atoms with Crippen molar-refractivity contribution in [1.82, 2.24) is 5.32 Å². The van der Waals surface area contributed by atoms with Crippen LogP contribution in [0.4, 0.5) is 0 Å². The highest BCUT2D eigenvalue weighted by Crippen LogP contribution is 2.19. The fourth-order valence-electron chi connectivity index (χ4n) is 4.02. The standard InChI is InChI=1S/C27H45NO3/c1-3-4-5-6-7-8-9-10-11-12-13-15-21-25(27(30)31-2)22-18-23-28-26(29)24-19-16-14-17-20-24/h14,16-17,19-20,25H,3-13,15,18,21-23H2,1-2H3,(H,28,29). The minimum Gasteiger partial charge on any atom is -0.469 e. The Morgan fingerprint density at radius 2 is 1.29 bits per heavy atom. The molecule has 1 N–H and O–H groups in total. The minimum atomic E-state index is -0.113. The summed E-state index contributed by atoms with van der Waals surface area (Å²) < 4.78 is 4.99. The van der Waals surface area contributed by atoms with Gasteiger partial charge in [-0.25, -0.2) is 0 Å². The van der Waals surface area contributed by atoms with Gasteiger partial charge in [-0.1, -0.05) is 102 Å². The van der Waals surface area contributed by atoms with E-state index in [1.807, 2.05) is 18.2 Å². The fourth-order valence-corrected chi connectivity index (χ4v) is 4.02. The van der Waals surface area contributed by atoms with Gasteiger partial charge in [0, 0.05) is 12.1 Å². The zero-order chi connectivity index (χ0) is 22.6. The third-order valence-corrected chi connectivity index (χ3v) is 5.99. The lowest BCUT2D eigenvalue weighted by atomic mass is 9.95. The Labute approximate surface area is 190 Å². The summed E-state index contributed by atoms with van der Waals surface area (Å²) in [6.45, 7) is 2.85. The van der Waals surface area contributed by atoms with Crippen molar-refractivity contribution in [2.45, 2.75) is 103 Å². The molecule has 0 bridgehead atoms. The zero-order valence-corrected chi connectivity index (χ0v) is 20.0. The van der Waals surface area contributed by atoms with Crippen LogP contribution in [0.15, 0.2) is 30.3 Å². The number of hydrogen-bond acceptors (Lipinski definition) is 3. The first-order valence-electron chi connectivity index (χ1n) is 12.6. The lowest BCUT2D eigenvalue weighted by Crippen LogP contribution is -2.25. The fraction of sp³-hybridized carbons (Fsp3) is 0.704. The van der Waals surface area contributed by atoms with E-state index in [0.29, 0.717) is 12.1 Å². The maximum atomic E-state index is 12.1. The Balaban J connectivity index is 2.07. The lowest BCUT2D eigenvalue weighted by molar-refractivity contribution is -0.146. The summed E-state index contributed by atoms with van der Waals surface area (Å²) in [5.74, 6) is -0.226. The molecule has 1 aromatic carbocycles. The molecule has 1 rings (SSSR count). The molecule has 0 aliphatic rings. The van der Waals surface area contributed by atoms with E-state index in [-0.39, 0.29) is 17.8 Å². The number of rotatable bonds is 19. The van der Waals surface area contributed by atoms with Crippen LogP contribution < -0.4 is 5.32 Å². The average molecular weight is 432 g/mol. The van der Waals surface area contributed by atoms with Crippen LogP contribution in [0.2, 0.25) is 0 Å². The lowest BCUT2D eigenvalue weighted by Gasteiger charge is -2.14. The van der Waals surface area contributed by atoms with Crippen LogP contribution in [-0.2, 0) is 9.53 Å². The largest absolute Gasteiger partial charge is 0.469 e. The molecule has 4 heteroatoms. The number of hydrogen-bond donors (Lipinski definition) is 1. The van der Waals surface area contributed by atoms with E-state index in [9.17, 15) is 9.59 Å². The van der Waals surface area contributed by atoms with Crippen molar-refractivity contribution in [3.05, 3.63) is 35.9 Å². The smallest absolute Gasteiger partial charge is 0.308 e. The van der Waals surface area contributed by atoms with Crippen molar-refractivity contribution in [3.8, 4) is 0 Å². The number of carbonyl (C=O) groups excluding carboxylic acids is 2. The highest BCUT2D eigenvalue weighted by atomic mass is 16.5. The number of methoxy groups -OCH3 is 1. The van der Waals surface area contributed by atoms with E-state index in [2.05, 4.69) is 12.2 Å². The van der Waals surface area contributed by atoms with Gasteiger partial charge in [0.2, 0.25) is 0 Å². The molecule has 0 radical (unpaired) electrons. The third-order valence-electron chi connectivity index (χ3n) is 5.99. The molecule has 31 heavy (non-hydrogen) atoms. The van der Waals surface area contributed by atoms with Crippen LogP contribution in [0.3, 0.4) is 0 Å². The molecule has 176 valence electrons. The van der Waals surface area contributed by atoms with Gasteiger partial charge in [-0.15, -0.1) is 0 Å². The number of carbonyl (C=O) groups is 2. The monoisotopic (exact) mass is 431 g/mol. The van der Waals surface area contributed by atoms with Crippen LogP contribution >= 0.6 is 0 Å². The number of amides is 1. The van der Waals surface area contributed by atoms with Crippen molar-refractivity contribution in [1.29, 1.82) is 0 Å². The first-order valence-corrected chi connectivity index (χ1v) is 12.6. The molecular weight excluding hydrogens is 386 g/mol. The zero-order valence-electron chi connectivity index (χ0n) is 20.0. The molecule has 1 unspecified atom stereocenters. The Bertz CT molecular complexity index is 573. The van der Waals surface area contributed by atoms with Crippen LogP contribution in [0.5, 0.6) is 0 Å². The minimum absolute atomic E-state index is 0.0539. The second-order valence-electron chi connectivity index (χ2n) is 8.66. The molecule has 4 nitrogen and oxygen atoms in total. The Hall–Kier alpha value is -1.84. The molecule has 0 aliphatic heterocycles. The van der Waals surface area contributed by atoms with E-state index in [4.69, 9.17) is 4.74 Å². The van der Waals surface area contributed by atoms with Gasteiger partial charge in [0.15, 0.2) is 0 Å². The predicted octanol–water partition coefficient (Wildman–Crippen LogP) is 7.08. The van der Waals surface area contributed by atoms with Gasteiger partial charge in [-0.05, 0) is 31.4 Å². The number of unbranched alkanes of at least 4 members (excludes halogenated alkanes) is 11. The quantitative estimate of drug-likeness (QED) is 0.188. The molecule has 1 amide bonds. The summed E-state index contributed by atoms with van der Waals surface area (Å²) in [6.07, 6.45) is 18.3. The molecular formula is C27H45NO3. The molecule has 0 aliphatic carbocycles. The topological polar surface area (TPSA) is 55.4 Å². The number of benzene rings is 1. The highest BCUT2D eigenvalue weighted by molar-refractivity contribution is 5.94. The van der Waals surface area contributed by atoms with E-state index >= 15 is 0 Å². The van der Waals surface area contributed by atoms with Crippen molar-refractivity contribution < 1.29 is 14.3 Å². The van der Waals surface area contributed by atoms with Crippen LogP contribution in [0.25, 0.3) is 0 Å². The molecule has 1 atom stereocenters. The maximum Gasteiger partial charge on any atom is 0.308 e.